The van der Waals surface area contributed by atoms with Gasteiger partial charge in [0.25, 0.3) is 0 Å². The summed E-state index contributed by atoms with van der Waals surface area (Å²) in [6.07, 6.45) is 3.33. The van der Waals surface area contributed by atoms with Gasteiger partial charge < -0.3 is 15.2 Å². The predicted molar refractivity (Wildman–Crippen MR) is 85.4 cm³/mol. The van der Waals surface area contributed by atoms with Crippen LogP contribution in [-0.2, 0) is 0 Å². The van der Waals surface area contributed by atoms with E-state index >= 15 is 0 Å². The fourth-order valence-corrected chi connectivity index (χ4v) is 2.08. The van der Waals surface area contributed by atoms with Gasteiger partial charge in [0, 0.05) is 5.56 Å². The number of methoxy groups -OCH3 is 1. The van der Waals surface area contributed by atoms with Crippen LogP contribution in [0.2, 0.25) is 0 Å². The monoisotopic (exact) mass is 293 g/mol. The van der Waals surface area contributed by atoms with Crippen LogP contribution < -0.4 is 10.1 Å². The normalized spacial score (nSPS) is 10.2. The number of hydrogen-bond acceptors (Lipinski definition) is 5. The van der Waals surface area contributed by atoms with E-state index in [0.29, 0.717) is 5.82 Å². The molecule has 0 radical (unpaired) electrons. The van der Waals surface area contributed by atoms with Crippen LogP contribution in [0.25, 0.3) is 11.3 Å². The number of anilines is 2. The van der Waals surface area contributed by atoms with Crippen molar-refractivity contribution in [3.05, 3.63) is 60.9 Å². The van der Waals surface area contributed by atoms with E-state index in [0.717, 1.165) is 22.7 Å². The predicted octanol–water partition coefficient (Wildman–Crippen LogP) is 3.60. The zero-order chi connectivity index (χ0) is 15.4. The summed E-state index contributed by atoms with van der Waals surface area (Å²) >= 11 is 0. The molecule has 110 valence electrons. The number of ether oxygens (including phenoxy) is 1. The molecule has 1 heterocycles. The molecule has 0 atom stereocenters. The SMILES string of the molecule is COc1ccccc1Nc1cncc(-c2ccc(O)cc2)n1. The molecular weight excluding hydrogens is 278 g/mol. The molecule has 0 saturated heterocycles. The molecule has 2 aromatic carbocycles. The Bertz CT molecular complexity index is 773. The smallest absolute Gasteiger partial charge is 0.149 e. The average molecular weight is 293 g/mol. The molecule has 3 aromatic rings. The summed E-state index contributed by atoms with van der Waals surface area (Å²) in [5, 5.41) is 12.5. The number of rotatable bonds is 4. The van der Waals surface area contributed by atoms with Crippen LogP contribution in [-0.4, -0.2) is 22.2 Å². The maximum atomic E-state index is 9.35. The van der Waals surface area contributed by atoms with Crippen molar-refractivity contribution < 1.29 is 9.84 Å². The van der Waals surface area contributed by atoms with Crippen molar-refractivity contribution in [2.24, 2.45) is 0 Å². The van der Waals surface area contributed by atoms with Gasteiger partial charge in [-0.05, 0) is 36.4 Å². The minimum absolute atomic E-state index is 0.222. The van der Waals surface area contributed by atoms with Crippen LogP contribution in [0.4, 0.5) is 11.5 Å². The van der Waals surface area contributed by atoms with Gasteiger partial charge in [-0.1, -0.05) is 12.1 Å². The van der Waals surface area contributed by atoms with Crippen molar-refractivity contribution in [1.29, 1.82) is 0 Å². The first-order valence-corrected chi connectivity index (χ1v) is 6.78. The third kappa shape index (κ3) is 2.98. The van der Waals surface area contributed by atoms with E-state index in [9.17, 15) is 5.11 Å². The highest BCUT2D eigenvalue weighted by molar-refractivity contribution is 5.66. The van der Waals surface area contributed by atoms with Crippen molar-refractivity contribution in [3.8, 4) is 22.8 Å². The van der Waals surface area contributed by atoms with Gasteiger partial charge in [0.15, 0.2) is 0 Å². The Morgan fingerprint density at radius 2 is 1.77 bits per heavy atom. The van der Waals surface area contributed by atoms with Crippen molar-refractivity contribution in [1.82, 2.24) is 9.97 Å². The molecule has 0 amide bonds. The molecule has 0 fully saturated rings. The van der Waals surface area contributed by atoms with E-state index in [1.807, 2.05) is 24.3 Å². The summed E-state index contributed by atoms with van der Waals surface area (Å²) in [6.45, 7) is 0. The van der Waals surface area contributed by atoms with Crippen molar-refractivity contribution in [3.63, 3.8) is 0 Å². The molecule has 0 aliphatic carbocycles. The second-order valence-corrected chi connectivity index (χ2v) is 4.66. The third-order valence-corrected chi connectivity index (χ3v) is 3.17. The second-order valence-electron chi connectivity index (χ2n) is 4.66. The van der Waals surface area contributed by atoms with Crippen LogP contribution >= 0.6 is 0 Å². The van der Waals surface area contributed by atoms with Gasteiger partial charge in [-0.25, -0.2) is 4.98 Å². The molecule has 0 spiro atoms. The Balaban J connectivity index is 1.89. The summed E-state index contributed by atoms with van der Waals surface area (Å²) in [6, 6.07) is 14.4. The standard InChI is InChI=1S/C17H15N3O2/c1-22-16-5-3-2-4-14(16)19-17-11-18-10-15(20-17)12-6-8-13(21)9-7-12/h2-11,21H,1H3,(H,19,20). The lowest BCUT2D eigenvalue weighted by Gasteiger charge is -2.10. The van der Waals surface area contributed by atoms with Crippen LogP contribution in [0, 0.1) is 0 Å². The minimum Gasteiger partial charge on any atom is -0.508 e. The first kappa shape index (κ1) is 13.9. The van der Waals surface area contributed by atoms with Gasteiger partial charge >= 0.3 is 0 Å². The molecule has 5 heteroatoms. The molecule has 2 N–H and O–H groups in total. The van der Waals surface area contributed by atoms with Crippen LogP contribution in [0.3, 0.4) is 0 Å². The topological polar surface area (TPSA) is 67.3 Å². The lowest BCUT2D eigenvalue weighted by Crippen LogP contribution is -1.98. The Hall–Kier alpha value is -3.08. The molecule has 0 unspecified atom stereocenters. The van der Waals surface area contributed by atoms with Gasteiger partial charge in [0.1, 0.15) is 17.3 Å². The van der Waals surface area contributed by atoms with E-state index in [2.05, 4.69) is 15.3 Å². The maximum Gasteiger partial charge on any atom is 0.149 e. The number of phenols is 1. The highest BCUT2D eigenvalue weighted by atomic mass is 16.5. The van der Waals surface area contributed by atoms with Crippen LogP contribution in [0.15, 0.2) is 60.9 Å². The van der Waals surface area contributed by atoms with Crippen LogP contribution in [0.5, 0.6) is 11.5 Å². The molecule has 5 nitrogen and oxygen atoms in total. The van der Waals surface area contributed by atoms with Crippen molar-refractivity contribution >= 4 is 11.5 Å². The van der Waals surface area contributed by atoms with Gasteiger partial charge in [-0.15, -0.1) is 0 Å². The Kier molecular flexibility index (Phi) is 3.87. The van der Waals surface area contributed by atoms with Gasteiger partial charge in [-0.2, -0.15) is 0 Å². The first-order valence-electron chi connectivity index (χ1n) is 6.78. The molecule has 0 saturated carbocycles. The number of nitrogens with one attached hydrogen (secondary N) is 1. The Morgan fingerprint density at radius 1 is 1.00 bits per heavy atom. The molecule has 0 aliphatic heterocycles. The number of hydrogen-bond donors (Lipinski definition) is 2. The van der Waals surface area contributed by atoms with E-state index < -0.39 is 0 Å². The van der Waals surface area contributed by atoms with Crippen LogP contribution in [0.1, 0.15) is 0 Å². The van der Waals surface area contributed by atoms with Gasteiger partial charge in [0.2, 0.25) is 0 Å². The average Bonchev–Trinajstić information content (AvgIpc) is 2.56. The molecule has 22 heavy (non-hydrogen) atoms. The van der Waals surface area contributed by atoms with E-state index in [-0.39, 0.29) is 5.75 Å². The number of para-hydroxylation sites is 2. The molecule has 1 aromatic heterocycles. The lowest BCUT2D eigenvalue weighted by molar-refractivity contribution is 0.417. The summed E-state index contributed by atoms with van der Waals surface area (Å²) in [5.74, 6) is 1.58. The number of phenolic OH excluding ortho intramolecular Hbond substituents is 1. The molecular formula is C17H15N3O2. The molecule has 3 rings (SSSR count). The van der Waals surface area contributed by atoms with E-state index in [1.54, 1.807) is 43.8 Å². The number of nitrogens with zero attached hydrogens (tertiary/aromatic N) is 2. The minimum atomic E-state index is 0.222. The second kappa shape index (κ2) is 6.13. The summed E-state index contributed by atoms with van der Waals surface area (Å²) < 4.78 is 5.31. The first-order chi connectivity index (χ1) is 10.8. The highest BCUT2D eigenvalue weighted by Crippen LogP contribution is 2.27. The lowest BCUT2D eigenvalue weighted by atomic mass is 10.1. The van der Waals surface area contributed by atoms with E-state index in [1.165, 1.54) is 0 Å². The number of aromatic nitrogens is 2. The molecule has 0 bridgehead atoms. The summed E-state index contributed by atoms with van der Waals surface area (Å²) in [7, 11) is 1.62. The fourth-order valence-electron chi connectivity index (χ4n) is 2.08. The summed E-state index contributed by atoms with van der Waals surface area (Å²) in [5.41, 5.74) is 2.43. The third-order valence-electron chi connectivity index (χ3n) is 3.17. The number of aromatic hydroxyl groups is 1. The van der Waals surface area contributed by atoms with Gasteiger partial charge in [-0.3, -0.25) is 4.98 Å². The number of benzene rings is 2. The van der Waals surface area contributed by atoms with Crippen molar-refractivity contribution in [2.45, 2.75) is 0 Å². The highest BCUT2D eigenvalue weighted by Gasteiger charge is 2.05. The molecule has 0 aliphatic rings. The maximum absolute atomic E-state index is 9.35. The quantitative estimate of drug-likeness (QED) is 0.769. The zero-order valence-electron chi connectivity index (χ0n) is 12.0. The Morgan fingerprint density at radius 3 is 2.55 bits per heavy atom. The van der Waals surface area contributed by atoms with E-state index in [4.69, 9.17) is 4.74 Å². The Labute approximate surface area is 128 Å². The summed E-state index contributed by atoms with van der Waals surface area (Å²) in [4.78, 5) is 8.74. The zero-order valence-corrected chi connectivity index (χ0v) is 12.0. The van der Waals surface area contributed by atoms with Crippen molar-refractivity contribution in [2.75, 3.05) is 12.4 Å². The fraction of sp³-hybridized carbons (Fsp3) is 0.0588. The largest absolute Gasteiger partial charge is 0.508 e. The van der Waals surface area contributed by atoms with Gasteiger partial charge in [0.05, 0.1) is 30.9 Å².